The highest BCUT2D eigenvalue weighted by molar-refractivity contribution is 6.34. The number of hydrogen-bond acceptors (Lipinski definition) is 4. The van der Waals surface area contributed by atoms with E-state index in [0.29, 0.717) is 44.1 Å². The summed E-state index contributed by atoms with van der Waals surface area (Å²) in [5.41, 5.74) is 1.55. The molecule has 1 aliphatic heterocycles. The van der Waals surface area contributed by atoms with Crippen molar-refractivity contribution in [2.45, 2.75) is 25.9 Å². The number of aryl methyl sites for hydroxylation is 1. The van der Waals surface area contributed by atoms with Crippen LogP contribution in [0, 0.1) is 12.7 Å². The molecule has 1 aliphatic rings. The van der Waals surface area contributed by atoms with Crippen molar-refractivity contribution in [3.8, 4) is 5.75 Å². The van der Waals surface area contributed by atoms with Crippen LogP contribution >= 0.6 is 11.6 Å². The van der Waals surface area contributed by atoms with Gasteiger partial charge in [-0.25, -0.2) is 4.39 Å². The first-order valence-corrected chi connectivity index (χ1v) is 10.7. The Balaban J connectivity index is 1.55. The van der Waals surface area contributed by atoms with Gasteiger partial charge in [-0.15, -0.1) is 0 Å². The molecule has 0 saturated heterocycles. The summed E-state index contributed by atoms with van der Waals surface area (Å²) in [4.78, 5) is 26.2. The van der Waals surface area contributed by atoms with Crippen LogP contribution in [0.1, 0.15) is 45.4 Å². The van der Waals surface area contributed by atoms with E-state index < -0.39 is 11.5 Å². The highest BCUT2D eigenvalue weighted by Gasteiger charge is 2.40. The molecule has 0 aliphatic carbocycles. The summed E-state index contributed by atoms with van der Waals surface area (Å²) in [5, 5.41) is 3.70. The molecule has 5 nitrogen and oxygen atoms in total. The molecule has 1 N–H and O–H groups in total. The number of Topliss-reactive ketones (excluding diaryl/α,β-unsaturated/α-hetero) is 1. The topological polar surface area (TPSA) is 68.5 Å². The van der Waals surface area contributed by atoms with E-state index in [1.54, 1.807) is 62.4 Å². The molecule has 166 valence electrons. The normalized spacial score (nSPS) is 17.5. The van der Waals surface area contributed by atoms with Crippen molar-refractivity contribution in [2.75, 3.05) is 5.32 Å². The number of fused-ring (bicyclic) bond motifs is 3. The Kier molecular flexibility index (Phi) is 4.98. The van der Waals surface area contributed by atoms with Crippen LogP contribution in [0.3, 0.4) is 0 Å². The van der Waals surface area contributed by atoms with Crippen LogP contribution in [-0.4, -0.2) is 11.7 Å². The van der Waals surface area contributed by atoms with Crippen LogP contribution in [-0.2, 0) is 5.60 Å². The number of para-hydroxylation sites is 1. The zero-order chi connectivity index (χ0) is 23.3. The number of hydrogen-bond donors (Lipinski definition) is 1. The number of furan rings is 1. The molecule has 1 atom stereocenters. The minimum Gasteiger partial charge on any atom is -0.482 e. The molecule has 3 aromatic carbocycles. The highest BCUT2D eigenvalue weighted by atomic mass is 35.5. The monoisotopic (exact) mass is 463 g/mol. The second-order valence-electron chi connectivity index (χ2n) is 8.24. The second-order valence-corrected chi connectivity index (χ2v) is 8.65. The summed E-state index contributed by atoms with van der Waals surface area (Å²) in [7, 11) is 0. The van der Waals surface area contributed by atoms with E-state index >= 15 is 0 Å². The Hall–Kier alpha value is -3.64. The molecule has 0 spiro atoms. The van der Waals surface area contributed by atoms with Crippen molar-refractivity contribution in [3.63, 3.8) is 0 Å². The maximum Gasteiger partial charge on any atom is 0.291 e. The van der Waals surface area contributed by atoms with Gasteiger partial charge in [-0.1, -0.05) is 35.9 Å². The molecule has 0 fully saturated rings. The number of carbonyl (C=O) groups is 2. The van der Waals surface area contributed by atoms with Crippen molar-refractivity contribution < 1.29 is 23.1 Å². The first-order chi connectivity index (χ1) is 15.8. The Bertz CT molecular complexity index is 1430. The predicted octanol–water partition coefficient (Wildman–Crippen LogP) is 6.67. The molecule has 0 radical (unpaired) electrons. The fourth-order valence-electron chi connectivity index (χ4n) is 4.28. The largest absolute Gasteiger partial charge is 0.482 e. The molecule has 2 heterocycles. The van der Waals surface area contributed by atoms with Gasteiger partial charge in [-0.2, -0.15) is 0 Å². The number of carbonyl (C=O) groups excluding carboxylic acids is 2. The van der Waals surface area contributed by atoms with Crippen molar-refractivity contribution in [3.05, 3.63) is 94.0 Å². The molecule has 1 unspecified atom stereocenters. The van der Waals surface area contributed by atoms with Gasteiger partial charge in [0.25, 0.3) is 5.91 Å². The number of amides is 1. The van der Waals surface area contributed by atoms with Crippen LogP contribution in [0.2, 0.25) is 5.02 Å². The van der Waals surface area contributed by atoms with Crippen LogP contribution in [0.4, 0.5) is 10.1 Å². The Labute approximate surface area is 194 Å². The molecular weight excluding hydrogens is 445 g/mol. The van der Waals surface area contributed by atoms with E-state index in [2.05, 4.69) is 5.32 Å². The third-order valence-electron chi connectivity index (χ3n) is 5.95. The fourth-order valence-corrected chi connectivity index (χ4v) is 4.46. The lowest BCUT2D eigenvalue weighted by Crippen LogP contribution is -2.36. The van der Waals surface area contributed by atoms with Gasteiger partial charge >= 0.3 is 0 Å². The summed E-state index contributed by atoms with van der Waals surface area (Å²) in [6.45, 7) is 3.53. The Morgan fingerprint density at radius 3 is 2.55 bits per heavy atom. The molecule has 1 aromatic heterocycles. The third kappa shape index (κ3) is 3.56. The van der Waals surface area contributed by atoms with Gasteiger partial charge in [0.05, 0.1) is 22.7 Å². The van der Waals surface area contributed by atoms with E-state index in [-0.39, 0.29) is 23.8 Å². The lowest BCUT2D eigenvalue weighted by atomic mass is 9.84. The smallest absolute Gasteiger partial charge is 0.291 e. The van der Waals surface area contributed by atoms with Gasteiger partial charge in [0, 0.05) is 10.9 Å². The lowest BCUT2D eigenvalue weighted by Gasteiger charge is -2.35. The van der Waals surface area contributed by atoms with Crippen LogP contribution in [0.5, 0.6) is 5.75 Å². The number of halogens is 2. The number of nitrogens with one attached hydrogen (secondary N) is 1. The maximum absolute atomic E-state index is 13.4. The summed E-state index contributed by atoms with van der Waals surface area (Å²) in [6, 6.07) is 16.2. The maximum atomic E-state index is 13.4. The van der Waals surface area contributed by atoms with Crippen LogP contribution < -0.4 is 10.1 Å². The number of rotatable bonds is 3. The Morgan fingerprint density at radius 2 is 1.82 bits per heavy atom. The van der Waals surface area contributed by atoms with Gasteiger partial charge in [0.15, 0.2) is 11.5 Å². The van der Waals surface area contributed by atoms with E-state index in [1.807, 2.05) is 0 Å². The predicted molar refractivity (Wildman–Crippen MR) is 124 cm³/mol. The average Bonchev–Trinajstić information content (AvgIpc) is 3.12. The molecule has 33 heavy (non-hydrogen) atoms. The Morgan fingerprint density at radius 1 is 1.09 bits per heavy atom. The first kappa shape index (κ1) is 21.2. The van der Waals surface area contributed by atoms with Gasteiger partial charge in [-0.05, 0) is 55.8 Å². The average molecular weight is 464 g/mol. The van der Waals surface area contributed by atoms with Crippen molar-refractivity contribution in [1.29, 1.82) is 0 Å². The van der Waals surface area contributed by atoms with Gasteiger partial charge in [0.1, 0.15) is 22.8 Å². The quantitative estimate of drug-likeness (QED) is 0.368. The molecular formula is C26H19ClFNO4. The summed E-state index contributed by atoms with van der Waals surface area (Å²) in [6.07, 6.45) is 0.0660. The number of ether oxygens (including phenoxy) is 1. The van der Waals surface area contributed by atoms with Crippen molar-refractivity contribution in [1.82, 2.24) is 0 Å². The van der Waals surface area contributed by atoms with Gasteiger partial charge < -0.3 is 14.5 Å². The second kappa shape index (κ2) is 7.74. The molecule has 5 rings (SSSR count). The van der Waals surface area contributed by atoms with E-state index in [1.165, 1.54) is 12.1 Å². The molecule has 7 heteroatoms. The van der Waals surface area contributed by atoms with E-state index in [0.717, 1.165) is 0 Å². The van der Waals surface area contributed by atoms with Crippen LogP contribution in [0.15, 0.2) is 65.1 Å². The molecule has 4 aromatic rings. The zero-order valence-electron chi connectivity index (χ0n) is 17.9. The number of anilines is 1. The van der Waals surface area contributed by atoms with Crippen LogP contribution in [0.25, 0.3) is 11.0 Å². The van der Waals surface area contributed by atoms with Gasteiger partial charge in [-0.3, -0.25) is 9.59 Å². The number of ketones is 1. The third-order valence-corrected chi connectivity index (χ3v) is 6.28. The van der Waals surface area contributed by atoms with Crippen molar-refractivity contribution >= 4 is 39.9 Å². The lowest BCUT2D eigenvalue weighted by molar-refractivity contribution is 0.0507. The minimum absolute atomic E-state index is 0.0660. The molecule has 0 bridgehead atoms. The SMILES string of the molecule is Cc1c(C(=O)Nc2ccccc2Cl)oc2ccc3c(c12)C(=O)CC(C)(c1ccc(F)cc1)O3. The van der Waals surface area contributed by atoms with Crippen molar-refractivity contribution in [2.24, 2.45) is 0 Å². The molecule has 0 saturated carbocycles. The minimum atomic E-state index is -0.937. The standard InChI is InChI=1S/C26H19ClFNO4/c1-14-22-20(32-24(14)25(31)29-18-6-4-3-5-17(18)27)11-12-21-23(22)19(30)13-26(2,33-21)15-7-9-16(28)10-8-15/h3-12H,13H2,1-2H3,(H,29,31). The fraction of sp³-hybridized carbons (Fsp3) is 0.154. The van der Waals surface area contributed by atoms with Gasteiger partial charge in [0.2, 0.25) is 0 Å². The van der Waals surface area contributed by atoms with E-state index in [9.17, 15) is 14.0 Å². The molecule has 1 amide bonds. The highest BCUT2D eigenvalue weighted by Crippen LogP contribution is 2.44. The summed E-state index contributed by atoms with van der Waals surface area (Å²) >= 11 is 6.15. The first-order valence-electron chi connectivity index (χ1n) is 10.4. The zero-order valence-corrected chi connectivity index (χ0v) is 18.6. The number of benzene rings is 3. The summed E-state index contributed by atoms with van der Waals surface area (Å²) < 4.78 is 25.5. The van der Waals surface area contributed by atoms with E-state index in [4.69, 9.17) is 20.8 Å². The summed E-state index contributed by atoms with van der Waals surface area (Å²) in [5.74, 6) is -0.477.